The molecule has 0 aromatic carbocycles. The minimum absolute atomic E-state index is 0.0700. The number of thioether (sulfide) groups is 1. The number of pyridine rings is 2. The molecule has 5 unspecified atom stereocenters. The summed E-state index contributed by atoms with van der Waals surface area (Å²) in [5.41, 5.74) is 2.75. The molecule has 2 aromatic heterocycles. The summed E-state index contributed by atoms with van der Waals surface area (Å²) in [6.45, 7) is 6.33. The predicted molar refractivity (Wildman–Crippen MR) is 138 cm³/mol. The van der Waals surface area contributed by atoms with Gasteiger partial charge in [0.25, 0.3) is 5.56 Å². The molecule has 3 fully saturated rings. The van der Waals surface area contributed by atoms with Crippen LogP contribution in [0.1, 0.15) is 56.2 Å². The SMILES string of the molecule is Cc1cc2c(cn1)cc(C1CC(NC(=O)C3CSC(C4CCNCC4)N3)CCC1C)c(=O)n2C. The van der Waals surface area contributed by atoms with Crippen molar-refractivity contribution in [1.29, 1.82) is 0 Å². The Kier molecular flexibility index (Phi) is 7.00. The Labute approximate surface area is 205 Å². The van der Waals surface area contributed by atoms with E-state index in [0.717, 1.165) is 60.3 Å². The minimum Gasteiger partial charge on any atom is -0.352 e. The molecule has 1 aliphatic carbocycles. The van der Waals surface area contributed by atoms with E-state index in [1.807, 2.05) is 44.1 Å². The third-order valence-corrected chi connectivity index (χ3v) is 9.56. The van der Waals surface area contributed by atoms with Gasteiger partial charge in [0, 0.05) is 41.7 Å². The molecule has 0 radical (unpaired) electrons. The van der Waals surface area contributed by atoms with Crippen molar-refractivity contribution in [1.82, 2.24) is 25.5 Å². The van der Waals surface area contributed by atoms with E-state index in [4.69, 9.17) is 0 Å². The third kappa shape index (κ3) is 4.77. The van der Waals surface area contributed by atoms with Crippen molar-refractivity contribution in [2.24, 2.45) is 18.9 Å². The van der Waals surface area contributed by atoms with E-state index in [2.05, 4.69) is 27.9 Å². The van der Waals surface area contributed by atoms with Gasteiger partial charge in [0.1, 0.15) is 0 Å². The number of aromatic nitrogens is 2. The van der Waals surface area contributed by atoms with Crippen LogP contribution in [0.5, 0.6) is 0 Å². The molecule has 7 nitrogen and oxygen atoms in total. The summed E-state index contributed by atoms with van der Waals surface area (Å²) in [5.74, 6) is 2.14. The van der Waals surface area contributed by atoms with Gasteiger partial charge in [-0.25, -0.2) is 0 Å². The largest absolute Gasteiger partial charge is 0.352 e. The third-order valence-electron chi connectivity index (χ3n) is 8.15. The van der Waals surface area contributed by atoms with Crippen LogP contribution in [-0.4, -0.2) is 51.8 Å². The van der Waals surface area contributed by atoms with E-state index < -0.39 is 0 Å². The number of aryl methyl sites for hydroxylation is 2. The van der Waals surface area contributed by atoms with Gasteiger partial charge in [-0.3, -0.25) is 19.9 Å². The zero-order valence-electron chi connectivity index (χ0n) is 20.5. The predicted octanol–water partition coefficient (Wildman–Crippen LogP) is 2.66. The van der Waals surface area contributed by atoms with Gasteiger partial charge in [0.15, 0.2) is 0 Å². The van der Waals surface area contributed by atoms with Gasteiger partial charge in [-0.05, 0) is 82.0 Å². The Morgan fingerprint density at radius 2 is 2.00 bits per heavy atom. The van der Waals surface area contributed by atoms with Crippen molar-refractivity contribution in [3.05, 3.63) is 39.9 Å². The van der Waals surface area contributed by atoms with E-state index >= 15 is 0 Å². The summed E-state index contributed by atoms with van der Waals surface area (Å²) < 4.78 is 1.76. The highest BCUT2D eigenvalue weighted by Gasteiger charge is 2.37. The van der Waals surface area contributed by atoms with Gasteiger partial charge in [0.05, 0.1) is 16.9 Å². The molecule has 3 N–H and O–H groups in total. The maximum atomic E-state index is 13.3. The van der Waals surface area contributed by atoms with E-state index in [9.17, 15) is 9.59 Å². The Morgan fingerprint density at radius 3 is 2.79 bits per heavy atom. The Hall–Kier alpha value is -1.90. The molecule has 4 heterocycles. The van der Waals surface area contributed by atoms with Gasteiger partial charge in [-0.2, -0.15) is 0 Å². The summed E-state index contributed by atoms with van der Waals surface area (Å²) in [6.07, 6.45) is 7.00. The van der Waals surface area contributed by atoms with Gasteiger partial charge in [-0.15, -0.1) is 11.8 Å². The van der Waals surface area contributed by atoms with Gasteiger partial charge in [-0.1, -0.05) is 6.92 Å². The van der Waals surface area contributed by atoms with Crippen LogP contribution in [0.4, 0.5) is 0 Å². The molecule has 2 aromatic rings. The number of carbonyl (C=O) groups is 1. The van der Waals surface area contributed by atoms with Crippen LogP contribution in [-0.2, 0) is 11.8 Å². The van der Waals surface area contributed by atoms with Crippen molar-refractivity contribution in [2.45, 2.75) is 69.3 Å². The molecule has 1 amide bonds. The van der Waals surface area contributed by atoms with E-state index in [1.54, 1.807) is 4.57 Å². The summed E-state index contributed by atoms with van der Waals surface area (Å²) in [7, 11) is 1.85. The lowest BCUT2D eigenvalue weighted by Crippen LogP contribution is -2.50. The van der Waals surface area contributed by atoms with Crippen molar-refractivity contribution >= 4 is 28.6 Å². The normalized spacial score (nSPS) is 30.5. The first-order valence-electron chi connectivity index (χ1n) is 12.8. The summed E-state index contributed by atoms with van der Waals surface area (Å²) in [5, 5.41) is 11.7. The number of piperidine rings is 1. The number of hydrogen-bond acceptors (Lipinski definition) is 6. The molecule has 2 aliphatic heterocycles. The van der Waals surface area contributed by atoms with Crippen LogP contribution in [0.25, 0.3) is 10.9 Å². The molecule has 184 valence electrons. The first-order chi connectivity index (χ1) is 16.4. The lowest BCUT2D eigenvalue weighted by molar-refractivity contribution is -0.123. The number of amides is 1. The lowest BCUT2D eigenvalue weighted by atomic mass is 9.74. The summed E-state index contributed by atoms with van der Waals surface area (Å²) >= 11 is 1.90. The average Bonchev–Trinajstić information content (AvgIpc) is 3.34. The zero-order chi connectivity index (χ0) is 23.8. The Morgan fingerprint density at radius 1 is 1.21 bits per heavy atom. The van der Waals surface area contributed by atoms with Gasteiger partial charge in [0.2, 0.25) is 5.91 Å². The van der Waals surface area contributed by atoms with Gasteiger partial charge < -0.3 is 15.2 Å². The molecular weight excluding hydrogens is 446 g/mol. The standard InChI is InChI=1S/C26H37N5O2S/c1-15-4-5-19(29-24(32)22-14-34-25(30-22)17-6-8-27-9-7-17)12-20(15)21-11-18-13-28-16(2)10-23(18)31(3)26(21)33/h10-11,13,15,17,19-20,22,25,27,30H,4-9,12,14H2,1-3H3,(H,29,32). The number of rotatable bonds is 4. The van der Waals surface area contributed by atoms with E-state index in [0.29, 0.717) is 17.2 Å². The second-order valence-corrected chi connectivity index (χ2v) is 11.7. The maximum Gasteiger partial charge on any atom is 0.254 e. The maximum absolute atomic E-state index is 13.3. The molecule has 0 spiro atoms. The summed E-state index contributed by atoms with van der Waals surface area (Å²) in [4.78, 5) is 30.9. The highest BCUT2D eigenvalue weighted by molar-refractivity contribution is 8.00. The van der Waals surface area contributed by atoms with E-state index in [-0.39, 0.29) is 29.5 Å². The number of nitrogens with one attached hydrogen (secondary N) is 3. The Balaban J connectivity index is 1.27. The molecule has 8 heteroatoms. The molecule has 0 bridgehead atoms. The van der Waals surface area contributed by atoms with Gasteiger partial charge >= 0.3 is 0 Å². The van der Waals surface area contributed by atoms with Crippen molar-refractivity contribution in [3.63, 3.8) is 0 Å². The van der Waals surface area contributed by atoms with Crippen LogP contribution >= 0.6 is 11.8 Å². The molecule has 5 atom stereocenters. The number of carbonyl (C=O) groups excluding carboxylic acids is 1. The van der Waals surface area contributed by atoms with Crippen LogP contribution in [0.15, 0.2) is 23.1 Å². The smallest absolute Gasteiger partial charge is 0.254 e. The van der Waals surface area contributed by atoms with Crippen LogP contribution < -0.4 is 21.5 Å². The number of nitrogens with zero attached hydrogens (tertiary/aromatic N) is 2. The van der Waals surface area contributed by atoms with Crippen LogP contribution in [0, 0.1) is 18.8 Å². The van der Waals surface area contributed by atoms with E-state index in [1.165, 1.54) is 12.8 Å². The van der Waals surface area contributed by atoms with Crippen molar-refractivity contribution < 1.29 is 4.79 Å². The molecule has 34 heavy (non-hydrogen) atoms. The summed E-state index contributed by atoms with van der Waals surface area (Å²) in [6, 6.07) is 3.99. The minimum atomic E-state index is -0.120. The van der Waals surface area contributed by atoms with Crippen molar-refractivity contribution in [3.8, 4) is 0 Å². The average molecular weight is 484 g/mol. The second kappa shape index (κ2) is 9.99. The topological polar surface area (TPSA) is 88.1 Å². The Bertz CT molecular complexity index is 1110. The number of hydrogen-bond donors (Lipinski definition) is 3. The lowest BCUT2D eigenvalue weighted by Gasteiger charge is -2.35. The fourth-order valence-electron chi connectivity index (χ4n) is 6.01. The monoisotopic (exact) mass is 483 g/mol. The highest BCUT2D eigenvalue weighted by atomic mass is 32.2. The fraction of sp³-hybridized carbons (Fsp3) is 0.654. The first kappa shape index (κ1) is 23.8. The van der Waals surface area contributed by atoms with Crippen LogP contribution in [0.3, 0.4) is 0 Å². The number of fused-ring (bicyclic) bond motifs is 1. The zero-order valence-corrected chi connectivity index (χ0v) is 21.3. The molecule has 2 saturated heterocycles. The molecular formula is C26H37N5O2S. The fourth-order valence-corrected chi connectivity index (χ4v) is 7.46. The van der Waals surface area contributed by atoms with Crippen molar-refractivity contribution in [2.75, 3.05) is 18.8 Å². The molecule has 3 aliphatic rings. The molecule has 1 saturated carbocycles. The first-order valence-corrected chi connectivity index (χ1v) is 13.8. The van der Waals surface area contributed by atoms with Crippen LogP contribution in [0.2, 0.25) is 0 Å². The second-order valence-electron chi connectivity index (χ2n) is 10.5. The quantitative estimate of drug-likeness (QED) is 0.620. The highest BCUT2D eigenvalue weighted by Crippen LogP contribution is 2.37. The molecule has 5 rings (SSSR count).